The van der Waals surface area contributed by atoms with Crippen LogP contribution in [0.3, 0.4) is 0 Å². The molecule has 124 valence electrons. The van der Waals surface area contributed by atoms with Gasteiger partial charge in [-0.25, -0.2) is 0 Å². The quantitative estimate of drug-likeness (QED) is 0.744. The lowest BCUT2D eigenvalue weighted by Gasteiger charge is -2.10. The second kappa shape index (κ2) is 6.31. The van der Waals surface area contributed by atoms with Crippen LogP contribution >= 0.6 is 0 Å². The summed E-state index contributed by atoms with van der Waals surface area (Å²) >= 11 is 0. The normalized spacial score (nSPS) is 12.2. The van der Waals surface area contributed by atoms with Gasteiger partial charge in [0.15, 0.2) is 0 Å². The molecule has 0 radical (unpaired) electrons. The SMILES string of the molecule is C/N=C/c1[nH]nnc1-c1cccn1Cc1ccc(C(F)(F)F)cc1. The maximum atomic E-state index is 12.6. The molecule has 0 bridgehead atoms. The standard InChI is InChI=1S/C16H14F3N5/c1-20-9-13-15(22-23-21-13)14-3-2-8-24(14)10-11-4-6-12(7-5-11)16(17,18)19/h2-9H,10H2,1H3,(H,21,22,23)/b20-9+. The molecule has 2 aromatic heterocycles. The number of nitrogens with zero attached hydrogens (tertiary/aromatic N) is 4. The van der Waals surface area contributed by atoms with Crippen LogP contribution in [0.1, 0.15) is 16.8 Å². The fraction of sp³-hybridized carbons (Fsp3) is 0.188. The number of aromatic amines is 1. The van der Waals surface area contributed by atoms with Gasteiger partial charge in [0.1, 0.15) is 11.4 Å². The number of aromatic nitrogens is 4. The van der Waals surface area contributed by atoms with Crippen LogP contribution in [-0.2, 0) is 12.7 Å². The second-order valence-electron chi connectivity index (χ2n) is 5.18. The molecule has 2 heterocycles. The van der Waals surface area contributed by atoms with E-state index in [4.69, 9.17) is 0 Å². The zero-order valence-electron chi connectivity index (χ0n) is 12.7. The number of nitrogens with one attached hydrogen (secondary N) is 1. The van der Waals surface area contributed by atoms with E-state index in [1.165, 1.54) is 12.1 Å². The summed E-state index contributed by atoms with van der Waals surface area (Å²) in [5, 5.41) is 10.6. The molecule has 0 aliphatic carbocycles. The zero-order valence-corrected chi connectivity index (χ0v) is 12.7. The minimum absolute atomic E-state index is 0.427. The van der Waals surface area contributed by atoms with Crippen LogP contribution in [0.4, 0.5) is 13.2 Å². The van der Waals surface area contributed by atoms with Crippen molar-refractivity contribution in [2.24, 2.45) is 4.99 Å². The molecule has 0 saturated carbocycles. The van der Waals surface area contributed by atoms with Crippen molar-refractivity contribution >= 4 is 6.21 Å². The number of hydrogen-bond acceptors (Lipinski definition) is 3. The summed E-state index contributed by atoms with van der Waals surface area (Å²) in [5.74, 6) is 0. The monoisotopic (exact) mass is 333 g/mol. The minimum Gasteiger partial charge on any atom is -0.342 e. The van der Waals surface area contributed by atoms with Crippen molar-refractivity contribution in [3.05, 3.63) is 59.4 Å². The van der Waals surface area contributed by atoms with E-state index in [9.17, 15) is 13.2 Å². The summed E-state index contributed by atoms with van der Waals surface area (Å²) in [6.07, 6.45) is -0.869. The van der Waals surface area contributed by atoms with Gasteiger partial charge in [0.2, 0.25) is 0 Å². The summed E-state index contributed by atoms with van der Waals surface area (Å²) in [6, 6.07) is 8.84. The lowest BCUT2D eigenvalue weighted by atomic mass is 10.1. The minimum atomic E-state index is -4.33. The molecule has 0 saturated heterocycles. The van der Waals surface area contributed by atoms with Gasteiger partial charge in [0, 0.05) is 26.0 Å². The Labute approximate surface area is 135 Å². The van der Waals surface area contributed by atoms with Crippen LogP contribution in [0.5, 0.6) is 0 Å². The van der Waals surface area contributed by atoms with E-state index >= 15 is 0 Å². The zero-order chi connectivity index (χ0) is 17.2. The molecule has 0 aliphatic heterocycles. The molecule has 1 N–H and O–H groups in total. The Hall–Kier alpha value is -2.90. The molecule has 0 spiro atoms. The Kier molecular flexibility index (Phi) is 4.20. The number of benzene rings is 1. The van der Waals surface area contributed by atoms with Gasteiger partial charge in [0.05, 0.1) is 11.3 Å². The highest BCUT2D eigenvalue weighted by atomic mass is 19.4. The Balaban J connectivity index is 1.87. The Morgan fingerprint density at radius 3 is 2.62 bits per heavy atom. The van der Waals surface area contributed by atoms with Crippen molar-refractivity contribution in [1.29, 1.82) is 0 Å². The molecular weight excluding hydrogens is 319 g/mol. The van der Waals surface area contributed by atoms with E-state index in [0.717, 1.165) is 23.4 Å². The molecule has 0 unspecified atom stereocenters. The topological polar surface area (TPSA) is 58.9 Å². The van der Waals surface area contributed by atoms with Crippen molar-refractivity contribution in [1.82, 2.24) is 20.0 Å². The molecule has 0 atom stereocenters. The molecule has 5 nitrogen and oxygen atoms in total. The molecular formula is C16H14F3N5. The molecule has 0 fully saturated rings. The lowest BCUT2D eigenvalue weighted by Crippen LogP contribution is -2.06. The van der Waals surface area contributed by atoms with Crippen molar-refractivity contribution in [2.75, 3.05) is 7.05 Å². The van der Waals surface area contributed by atoms with E-state index in [-0.39, 0.29) is 0 Å². The second-order valence-corrected chi connectivity index (χ2v) is 5.18. The van der Waals surface area contributed by atoms with E-state index in [2.05, 4.69) is 20.4 Å². The van der Waals surface area contributed by atoms with Crippen LogP contribution in [0.15, 0.2) is 47.6 Å². The Morgan fingerprint density at radius 2 is 1.96 bits per heavy atom. The molecule has 0 amide bonds. The largest absolute Gasteiger partial charge is 0.416 e. The first-order valence-electron chi connectivity index (χ1n) is 7.14. The van der Waals surface area contributed by atoms with Gasteiger partial charge in [-0.05, 0) is 29.8 Å². The van der Waals surface area contributed by atoms with Gasteiger partial charge in [0.25, 0.3) is 0 Å². The van der Waals surface area contributed by atoms with Gasteiger partial charge in [-0.1, -0.05) is 17.3 Å². The maximum Gasteiger partial charge on any atom is 0.416 e. The maximum absolute atomic E-state index is 12.6. The summed E-state index contributed by atoms with van der Waals surface area (Å²) in [4.78, 5) is 3.94. The van der Waals surface area contributed by atoms with Crippen molar-refractivity contribution in [2.45, 2.75) is 12.7 Å². The molecule has 3 aromatic rings. The van der Waals surface area contributed by atoms with Gasteiger partial charge in [-0.3, -0.25) is 10.1 Å². The first-order chi connectivity index (χ1) is 11.5. The third-order valence-corrected chi connectivity index (χ3v) is 3.54. The summed E-state index contributed by atoms with van der Waals surface area (Å²) in [7, 11) is 1.64. The number of H-pyrrole nitrogens is 1. The Morgan fingerprint density at radius 1 is 1.21 bits per heavy atom. The van der Waals surface area contributed by atoms with E-state index < -0.39 is 11.7 Å². The highest BCUT2D eigenvalue weighted by molar-refractivity contribution is 5.85. The van der Waals surface area contributed by atoms with Gasteiger partial charge in [-0.2, -0.15) is 13.2 Å². The summed E-state index contributed by atoms with van der Waals surface area (Å²) in [6.45, 7) is 0.427. The number of halogens is 3. The van der Waals surface area contributed by atoms with Gasteiger partial charge in [-0.15, -0.1) is 5.10 Å². The molecule has 3 rings (SSSR count). The molecule has 24 heavy (non-hydrogen) atoms. The highest BCUT2D eigenvalue weighted by Crippen LogP contribution is 2.29. The number of hydrogen-bond donors (Lipinski definition) is 1. The van der Waals surface area contributed by atoms with Crippen molar-refractivity contribution < 1.29 is 13.2 Å². The van der Waals surface area contributed by atoms with Crippen LogP contribution in [-0.4, -0.2) is 33.2 Å². The van der Waals surface area contributed by atoms with Crippen LogP contribution in [0.25, 0.3) is 11.4 Å². The van der Waals surface area contributed by atoms with Crippen molar-refractivity contribution in [3.63, 3.8) is 0 Å². The first-order valence-corrected chi connectivity index (χ1v) is 7.14. The fourth-order valence-corrected chi connectivity index (χ4v) is 2.41. The number of rotatable bonds is 4. The third-order valence-electron chi connectivity index (χ3n) is 3.54. The van der Waals surface area contributed by atoms with E-state index in [0.29, 0.717) is 17.9 Å². The molecule has 8 heteroatoms. The summed E-state index contributed by atoms with van der Waals surface area (Å²) in [5.41, 5.74) is 2.22. The number of aliphatic imine (C=N–C) groups is 1. The van der Waals surface area contributed by atoms with Crippen LogP contribution in [0.2, 0.25) is 0 Å². The average Bonchev–Trinajstić information content (AvgIpc) is 3.16. The lowest BCUT2D eigenvalue weighted by molar-refractivity contribution is -0.137. The molecule has 0 aliphatic rings. The van der Waals surface area contributed by atoms with Crippen molar-refractivity contribution in [3.8, 4) is 11.4 Å². The third kappa shape index (κ3) is 3.22. The predicted octanol–water partition coefficient (Wildman–Crippen LogP) is 3.39. The van der Waals surface area contributed by atoms with Crippen LogP contribution in [0, 0.1) is 0 Å². The smallest absolute Gasteiger partial charge is 0.342 e. The highest BCUT2D eigenvalue weighted by Gasteiger charge is 2.29. The fourth-order valence-electron chi connectivity index (χ4n) is 2.41. The molecule has 1 aromatic carbocycles. The average molecular weight is 333 g/mol. The van der Waals surface area contributed by atoms with E-state index in [1.54, 1.807) is 13.3 Å². The first kappa shape index (κ1) is 16.0. The van der Waals surface area contributed by atoms with E-state index in [1.807, 2.05) is 22.9 Å². The Bertz CT molecular complexity index is 843. The van der Waals surface area contributed by atoms with Gasteiger partial charge >= 0.3 is 6.18 Å². The predicted molar refractivity (Wildman–Crippen MR) is 83.9 cm³/mol. The van der Waals surface area contributed by atoms with Gasteiger partial charge < -0.3 is 4.57 Å². The summed E-state index contributed by atoms with van der Waals surface area (Å²) < 4.78 is 39.8. The van der Waals surface area contributed by atoms with Crippen LogP contribution < -0.4 is 0 Å². The number of alkyl halides is 3.